The summed E-state index contributed by atoms with van der Waals surface area (Å²) in [5.74, 6) is 0.208. The Morgan fingerprint density at radius 1 is 1.18 bits per heavy atom. The maximum Gasteiger partial charge on any atom is 2.00 e. The summed E-state index contributed by atoms with van der Waals surface area (Å²) in [7, 11) is 0. The molecule has 0 aromatic carbocycles. The first-order valence-electron chi connectivity index (χ1n) is 3.86. The minimum Gasteiger partial charge on any atom is -0.356 e. The molecule has 0 bridgehead atoms. The normalized spacial score (nSPS) is 12.0. The van der Waals surface area contributed by atoms with Gasteiger partial charge in [0, 0.05) is 13.0 Å². The molecule has 92 valence electrons. The van der Waals surface area contributed by atoms with Crippen molar-refractivity contribution in [3.63, 3.8) is 0 Å². The van der Waals surface area contributed by atoms with Gasteiger partial charge >= 0.3 is 19.5 Å². The number of carbonyl (C=O) groups excluding carboxylic acids is 1. The van der Waals surface area contributed by atoms with E-state index in [1.54, 1.807) is 11.1 Å². The summed E-state index contributed by atoms with van der Waals surface area (Å²) in [6.07, 6.45) is 3.28. The molecule has 1 fully saturated rings. The van der Waals surface area contributed by atoms with Crippen LogP contribution in [0.2, 0.25) is 0 Å². The van der Waals surface area contributed by atoms with Gasteiger partial charge in [-0.3, -0.25) is 4.79 Å². The first-order chi connectivity index (χ1) is 7.31. The van der Waals surface area contributed by atoms with Crippen molar-refractivity contribution < 1.29 is 34.4 Å². The number of hydrogen-bond acceptors (Lipinski definition) is 7. The summed E-state index contributed by atoms with van der Waals surface area (Å²) in [5, 5.41) is 29.5. The molecule has 0 radical (unpaired) electrons. The molecule has 0 spiro atoms. The Kier molecular flexibility index (Phi) is 14.9. The van der Waals surface area contributed by atoms with Crippen molar-refractivity contribution in [2.75, 3.05) is 6.54 Å². The van der Waals surface area contributed by atoms with Crippen molar-refractivity contribution in [2.45, 2.75) is 12.8 Å². The number of likely N-dealkylation sites (tertiary alicyclic amines) is 1. The van der Waals surface area contributed by atoms with Crippen LogP contribution >= 0.6 is 0 Å². The second kappa shape index (κ2) is 12.3. The molecule has 0 aromatic heterocycles. The first kappa shape index (κ1) is 20.6. The third-order valence-corrected chi connectivity index (χ3v) is 1.33. The van der Waals surface area contributed by atoms with E-state index < -0.39 is 10.2 Å². The fourth-order valence-electron chi connectivity index (χ4n) is 0.862. The quantitative estimate of drug-likeness (QED) is 0.382. The van der Waals surface area contributed by atoms with Crippen molar-refractivity contribution >= 4 is 5.91 Å². The summed E-state index contributed by atoms with van der Waals surface area (Å²) in [4.78, 5) is 28.8. The molecule has 1 aliphatic heterocycles. The van der Waals surface area contributed by atoms with Crippen LogP contribution in [0.25, 0.3) is 0 Å². The Morgan fingerprint density at radius 3 is 1.65 bits per heavy atom. The summed E-state index contributed by atoms with van der Waals surface area (Å²) in [6, 6.07) is 0. The second-order valence-corrected chi connectivity index (χ2v) is 2.32. The zero-order valence-electron chi connectivity index (χ0n) is 8.81. The molecule has 1 amide bonds. The van der Waals surface area contributed by atoms with Crippen LogP contribution in [0, 0.1) is 30.6 Å². The number of carbonyl (C=O) groups is 1. The maximum absolute atomic E-state index is 10.7. The van der Waals surface area contributed by atoms with Gasteiger partial charge in [-0.2, -0.15) is 0 Å². The molecule has 0 aromatic rings. The predicted molar refractivity (Wildman–Crippen MR) is 51.9 cm³/mol. The zero-order chi connectivity index (χ0) is 13.1. The van der Waals surface area contributed by atoms with E-state index >= 15 is 0 Å². The van der Waals surface area contributed by atoms with Crippen molar-refractivity contribution in [1.29, 1.82) is 0 Å². The summed E-state index contributed by atoms with van der Waals surface area (Å²) >= 11 is 0. The molecule has 10 nitrogen and oxygen atoms in total. The molecule has 17 heavy (non-hydrogen) atoms. The summed E-state index contributed by atoms with van der Waals surface area (Å²) in [5.41, 5.74) is 0. The molecule has 0 unspecified atom stereocenters. The molecule has 0 aliphatic carbocycles. The summed E-state index contributed by atoms with van der Waals surface area (Å²) in [6.45, 7) is 4.36. The monoisotopic (exact) mass is 299 g/mol. The van der Waals surface area contributed by atoms with Gasteiger partial charge in [0.25, 0.3) is 0 Å². The third-order valence-electron chi connectivity index (χ3n) is 1.33. The fourth-order valence-corrected chi connectivity index (χ4v) is 0.862. The number of hydrogen-bond donors (Lipinski definition) is 0. The average molecular weight is 301 g/mol. The minimum atomic E-state index is -1.75. The Bertz CT molecular complexity index is 252. The van der Waals surface area contributed by atoms with Gasteiger partial charge in [0.2, 0.25) is 5.91 Å². The molecule has 1 rings (SSSR count). The van der Waals surface area contributed by atoms with E-state index in [2.05, 4.69) is 6.58 Å². The predicted octanol–water partition coefficient (Wildman–Crippen LogP) is 0.272. The van der Waals surface area contributed by atoms with Crippen LogP contribution in [0.1, 0.15) is 12.8 Å². The van der Waals surface area contributed by atoms with E-state index in [4.69, 9.17) is 30.6 Å². The molecule has 1 heterocycles. The molecule has 0 N–H and O–H groups in total. The van der Waals surface area contributed by atoms with Crippen LogP contribution in [0.3, 0.4) is 0 Å². The second-order valence-electron chi connectivity index (χ2n) is 2.32. The van der Waals surface area contributed by atoms with E-state index in [0.717, 1.165) is 13.0 Å². The molecule has 1 saturated heterocycles. The van der Waals surface area contributed by atoms with Crippen LogP contribution in [0.4, 0.5) is 0 Å². The van der Waals surface area contributed by atoms with Gasteiger partial charge in [0.05, 0.1) is 10.2 Å². The van der Waals surface area contributed by atoms with Gasteiger partial charge in [-0.15, -0.1) is 0 Å². The van der Waals surface area contributed by atoms with Gasteiger partial charge in [0.15, 0.2) is 0 Å². The van der Waals surface area contributed by atoms with Crippen LogP contribution in [0.15, 0.2) is 12.8 Å². The van der Waals surface area contributed by atoms with E-state index in [-0.39, 0.29) is 25.4 Å². The van der Waals surface area contributed by atoms with Crippen LogP contribution < -0.4 is 0 Å². The minimum absolute atomic E-state index is 0. The Labute approximate surface area is 108 Å². The molecule has 11 heteroatoms. The SMILES string of the molecule is C=CN1CCCC1=O.O=[N+]([O-])[O-].O=[N+]([O-])[O-].[Zn+2]. The largest absolute Gasteiger partial charge is 2.00 e. The zero-order valence-corrected chi connectivity index (χ0v) is 11.8. The molecular formula is C6H9N3O7Zn. The van der Waals surface area contributed by atoms with Gasteiger partial charge in [-0.1, -0.05) is 6.58 Å². The van der Waals surface area contributed by atoms with E-state index in [1.165, 1.54) is 0 Å². The van der Waals surface area contributed by atoms with E-state index in [1.807, 2.05) is 0 Å². The maximum atomic E-state index is 10.7. The number of rotatable bonds is 1. The van der Waals surface area contributed by atoms with Gasteiger partial charge in [-0.05, 0) is 12.6 Å². The fraction of sp³-hybridized carbons (Fsp3) is 0.500. The average Bonchev–Trinajstić information content (AvgIpc) is 2.48. The van der Waals surface area contributed by atoms with Gasteiger partial charge < -0.3 is 35.5 Å². The first-order valence-corrected chi connectivity index (χ1v) is 3.86. The molecular weight excluding hydrogens is 291 g/mol. The van der Waals surface area contributed by atoms with Crippen molar-refractivity contribution in [3.05, 3.63) is 43.4 Å². The topological polar surface area (TPSA) is 153 Å². The Morgan fingerprint density at radius 2 is 1.53 bits per heavy atom. The number of nitrogens with zero attached hydrogens (tertiary/aromatic N) is 3. The van der Waals surface area contributed by atoms with E-state index in [0.29, 0.717) is 6.42 Å². The molecule has 1 aliphatic rings. The van der Waals surface area contributed by atoms with Crippen molar-refractivity contribution in [1.82, 2.24) is 4.90 Å². The number of amides is 1. The molecule has 0 atom stereocenters. The molecule has 0 saturated carbocycles. The van der Waals surface area contributed by atoms with Crippen LogP contribution in [-0.4, -0.2) is 27.5 Å². The van der Waals surface area contributed by atoms with Crippen LogP contribution in [0.5, 0.6) is 0 Å². The Balaban J connectivity index is -0.000000189. The Hall–Kier alpha value is -1.77. The summed E-state index contributed by atoms with van der Waals surface area (Å²) < 4.78 is 0. The smallest absolute Gasteiger partial charge is 0.356 e. The van der Waals surface area contributed by atoms with Gasteiger partial charge in [0.1, 0.15) is 0 Å². The van der Waals surface area contributed by atoms with Crippen LogP contribution in [-0.2, 0) is 24.3 Å². The van der Waals surface area contributed by atoms with E-state index in [9.17, 15) is 4.79 Å². The van der Waals surface area contributed by atoms with Crippen molar-refractivity contribution in [2.24, 2.45) is 0 Å². The van der Waals surface area contributed by atoms with Gasteiger partial charge in [-0.25, -0.2) is 0 Å². The van der Waals surface area contributed by atoms with Crippen molar-refractivity contribution in [3.8, 4) is 0 Å². The third kappa shape index (κ3) is 20.3. The standard InChI is InChI=1S/C6H9NO.2NO3.Zn/c1-2-7-5-3-4-6(7)8;2*2-1(3)4;/h2H,1,3-5H2;;;/q;2*-1;+2.